The summed E-state index contributed by atoms with van der Waals surface area (Å²) in [6.45, 7) is 1.99. The first kappa shape index (κ1) is 18.1. The highest BCUT2D eigenvalue weighted by Gasteiger charge is 2.09. The predicted molar refractivity (Wildman–Crippen MR) is 111 cm³/mol. The first-order valence-corrected chi connectivity index (χ1v) is 9.67. The topological polar surface area (TPSA) is 77.0 Å². The maximum atomic E-state index is 11.2. The fourth-order valence-electron chi connectivity index (χ4n) is 2.76. The number of carbonyl (C=O) groups excluding carboxylic acids is 1. The molecular weight excluding hydrogens is 372 g/mol. The summed E-state index contributed by atoms with van der Waals surface area (Å²) in [7, 11) is 0. The largest absolute Gasteiger partial charge is 0.463 e. The summed E-state index contributed by atoms with van der Waals surface area (Å²) in [6.07, 6.45) is 2.49. The fourth-order valence-corrected chi connectivity index (χ4v) is 3.72. The lowest BCUT2D eigenvalue weighted by molar-refractivity contribution is -0.114. The Kier molecular flexibility index (Phi) is 5.25. The zero-order valence-corrected chi connectivity index (χ0v) is 16.1. The van der Waals surface area contributed by atoms with Crippen molar-refractivity contribution >= 4 is 32.6 Å². The Bertz CT molecular complexity index is 1110. The summed E-state index contributed by atoms with van der Waals surface area (Å²) >= 11 is 1.43. The van der Waals surface area contributed by atoms with Crippen molar-refractivity contribution in [1.82, 2.24) is 15.0 Å². The molecule has 0 aliphatic carbocycles. The molecule has 0 bridgehead atoms. The number of carbonyl (C=O) groups is 1. The van der Waals surface area contributed by atoms with E-state index >= 15 is 0 Å². The normalized spacial score (nSPS) is 10.8. The predicted octanol–water partition coefficient (Wildman–Crippen LogP) is 4.33. The van der Waals surface area contributed by atoms with E-state index in [1.807, 2.05) is 42.5 Å². The van der Waals surface area contributed by atoms with Gasteiger partial charge in [-0.1, -0.05) is 47.7 Å². The van der Waals surface area contributed by atoms with Gasteiger partial charge >= 0.3 is 6.01 Å². The van der Waals surface area contributed by atoms with Crippen molar-refractivity contribution in [2.45, 2.75) is 13.3 Å². The molecule has 1 N–H and O–H groups in total. The minimum atomic E-state index is -0.132. The van der Waals surface area contributed by atoms with Crippen LogP contribution >= 0.6 is 11.3 Å². The molecule has 0 aliphatic rings. The van der Waals surface area contributed by atoms with Crippen LogP contribution in [0, 0.1) is 0 Å². The number of amides is 1. The lowest BCUT2D eigenvalue weighted by Crippen LogP contribution is -2.04. The number of nitrogens with one attached hydrogen (secondary N) is 1. The van der Waals surface area contributed by atoms with E-state index in [1.54, 1.807) is 6.20 Å². The average molecular weight is 390 g/mol. The van der Waals surface area contributed by atoms with Gasteiger partial charge in [-0.2, -0.15) is 4.98 Å². The molecule has 0 radical (unpaired) electrons. The lowest BCUT2D eigenvalue weighted by Gasteiger charge is -2.06. The molecule has 2 aromatic heterocycles. The number of fused-ring (bicyclic) bond motifs is 1. The fraction of sp³-hybridized carbons (Fsp3) is 0.143. The van der Waals surface area contributed by atoms with Crippen LogP contribution in [0.2, 0.25) is 0 Å². The Labute approximate surface area is 166 Å². The summed E-state index contributed by atoms with van der Waals surface area (Å²) < 4.78 is 6.71. The highest BCUT2D eigenvalue weighted by molar-refractivity contribution is 7.22. The third-order valence-corrected chi connectivity index (χ3v) is 5.00. The number of aromatic nitrogens is 3. The molecule has 0 fully saturated rings. The first-order valence-electron chi connectivity index (χ1n) is 8.86. The van der Waals surface area contributed by atoms with Crippen LogP contribution in [0.15, 0.2) is 60.8 Å². The van der Waals surface area contributed by atoms with E-state index in [2.05, 4.69) is 32.4 Å². The van der Waals surface area contributed by atoms with Crippen molar-refractivity contribution in [2.75, 3.05) is 11.9 Å². The zero-order valence-electron chi connectivity index (χ0n) is 15.3. The van der Waals surface area contributed by atoms with E-state index < -0.39 is 0 Å². The van der Waals surface area contributed by atoms with Crippen LogP contribution in [0.4, 0.5) is 5.13 Å². The molecule has 0 unspecified atom stereocenters. The Morgan fingerprint density at radius 3 is 2.79 bits per heavy atom. The highest BCUT2D eigenvalue weighted by atomic mass is 32.1. The van der Waals surface area contributed by atoms with Crippen molar-refractivity contribution in [3.05, 3.63) is 66.4 Å². The van der Waals surface area contributed by atoms with E-state index in [-0.39, 0.29) is 5.91 Å². The monoisotopic (exact) mass is 390 g/mol. The van der Waals surface area contributed by atoms with Gasteiger partial charge in [0.15, 0.2) is 5.13 Å². The number of rotatable bonds is 6. The van der Waals surface area contributed by atoms with Gasteiger partial charge in [-0.15, -0.1) is 0 Å². The molecule has 28 heavy (non-hydrogen) atoms. The molecular formula is C21H18N4O2S. The SMILES string of the molecule is CC(=O)Nc1nc2ccc(-c3ccnc(OCCc4ccccc4)n3)cc2s1. The summed E-state index contributed by atoms with van der Waals surface area (Å²) in [5.41, 5.74) is 3.78. The second-order valence-corrected chi connectivity index (χ2v) is 7.22. The number of ether oxygens (including phenoxy) is 1. The number of hydrogen-bond donors (Lipinski definition) is 1. The number of nitrogens with zero attached hydrogens (tertiary/aromatic N) is 3. The summed E-state index contributed by atoms with van der Waals surface area (Å²) in [4.78, 5) is 24.3. The van der Waals surface area contributed by atoms with Crippen molar-refractivity contribution in [2.24, 2.45) is 0 Å². The van der Waals surface area contributed by atoms with Crippen LogP contribution in [0.1, 0.15) is 12.5 Å². The molecule has 2 heterocycles. The molecule has 140 valence electrons. The van der Waals surface area contributed by atoms with Crippen LogP contribution in [0.5, 0.6) is 6.01 Å². The Hall–Kier alpha value is -3.32. The molecule has 4 rings (SSSR count). The molecule has 2 aromatic carbocycles. The third-order valence-electron chi connectivity index (χ3n) is 4.07. The first-order chi connectivity index (χ1) is 13.7. The summed E-state index contributed by atoms with van der Waals surface area (Å²) in [6, 6.07) is 18.3. The van der Waals surface area contributed by atoms with Crippen LogP contribution in [0.25, 0.3) is 21.5 Å². The standard InChI is InChI=1S/C21H18N4O2S/c1-14(26)23-21-25-18-8-7-16(13-19(18)28-21)17-9-11-22-20(24-17)27-12-10-15-5-3-2-4-6-15/h2-9,11,13H,10,12H2,1H3,(H,23,25,26). The van der Waals surface area contributed by atoms with E-state index in [1.165, 1.54) is 23.8 Å². The average Bonchev–Trinajstić information content (AvgIpc) is 3.09. The molecule has 6 nitrogen and oxygen atoms in total. The van der Waals surface area contributed by atoms with Gasteiger partial charge < -0.3 is 10.1 Å². The van der Waals surface area contributed by atoms with Crippen molar-refractivity contribution in [3.63, 3.8) is 0 Å². The number of anilines is 1. The smallest absolute Gasteiger partial charge is 0.316 e. The summed E-state index contributed by atoms with van der Waals surface area (Å²) in [5.74, 6) is -0.132. The van der Waals surface area contributed by atoms with Gasteiger partial charge in [-0.05, 0) is 23.8 Å². The molecule has 0 saturated heterocycles. The van der Waals surface area contributed by atoms with Crippen molar-refractivity contribution in [3.8, 4) is 17.3 Å². The lowest BCUT2D eigenvalue weighted by atomic mass is 10.1. The second kappa shape index (κ2) is 8.14. The molecule has 7 heteroatoms. The number of thiazole rings is 1. The van der Waals surface area contributed by atoms with Crippen LogP contribution < -0.4 is 10.1 Å². The van der Waals surface area contributed by atoms with E-state index in [0.29, 0.717) is 17.7 Å². The van der Waals surface area contributed by atoms with Gasteiger partial charge in [-0.3, -0.25) is 4.79 Å². The number of benzene rings is 2. The quantitative estimate of drug-likeness (QED) is 0.530. The van der Waals surface area contributed by atoms with E-state index in [9.17, 15) is 4.79 Å². The van der Waals surface area contributed by atoms with E-state index in [4.69, 9.17) is 4.74 Å². The van der Waals surface area contributed by atoms with Crippen molar-refractivity contribution < 1.29 is 9.53 Å². The molecule has 4 aromatic rings. The maximum absolute atomic E-state index is 11.2. The van der Waals surface area contributed by atoms with E-state index in [0.717, 1.165) is 27.9 Å². The van der Waals surface area contributed by atoms with Gasteiger partial charge in [-0.25, -0.2) is 9.97 Å². The zero-order chi connectivity index (χ0) is 19.3. The molecule has 0 aliphatic heterocycles. The van der Waals surface area contributed by atoms with Crippen LogP contribution in [-0.2, 0) is 11.2 Å². The summed E-state index contributed by atoms with van der Waals surface area (Å²) in [5, 5.41) is 3.31. The van der Waals surface area contributed by atoms with Crippen LogP contribution in [-0.4, -0.2) is 27.5 Å². The van der Waals surface area contributed by atoms with Gasteiger partial charge in [0.05, 0.1) is 22.5 Å². The van der Waals surface area contributed by atoms with Gasteiger partial charge in [0.25, 0.3) is 0 Å². The minimum absolute atomic E-state index is 0.132. The maximum Gasteiger partial charge on any atom is 0.316 e. The molecule has 0 saturated carbocycles. The minimum Gasteiger partial charge on any atom is -0.463 e. The van der Waals surface area contributed by atoms with Gasteiger partial charge in [0.2, 0.25) is 5.91 Å². The highest BCUT2D eigenvalue weighted by Crippen LogP contribution is 2.30. The van der Waals surface area contributed by atoms with Gasteiger partial charge in [0.1, 0.15) is 0 Å². The Morgan fingerprint density at radius 1 is 1.11 bits per heavy atom. The van der Waals surface area contributed by atoms with Gasteiger partial charge in [0, 0.05) is 25.1 Å². The Balaban J connectivity index is 1.49. The molecule has 1 amide bonds. The second-order valence-electron chi connectivity index (χ2n) is 6.19. The molecule has 0 atom stereocenters. The molecule has 0 spiro atoms. The van der Waals surface area contributed by atoms with Crippen LogP contribution in [0.3, 0.4) is 0 Å². The third kappa shape index (κ3) is 4.32. The van der Waals surface area contributed by atoms with Crippen molar-refractivity contribution in [1.29, 1.82) is 0 Å². The number of hydrogen-bond acceptors (Lipinski definition) is 6. The Morgan fingerprint density at radius 2 is 1.96 bits per heavy atom.